The van der Waals surface area contributed by atoms with Crippen molar-refractivity contribution in [3.63, 3.8) is 0 Å². The summed E-state index contributed by atoms with van der Waals surface area (Å²) in [6.07, 6.45) is 0. The number of amides is 2. The molecule has 3 N–H and O–H groups in total. The largest absolute Gasteiger partial charge is 0.366 e. The zero-order valence-electron chi connectivity index (χ0n) is 17.0. The first-order valence-electron chi connectivity index (χ1n) is 9.85. The molecule has 6 heteroatoms. The van der Waals surface area contributed by atoms with Crippen molar-refractivity contribution in [3.05, 3.63) is 95.6 Å². The number of nitrogens with zero attached hydrogens (tertiary/aromatic N) is 1. The molecule has 0 aliphatic carbocycles. The summed E-state index contributed by atoms with van der Waals surface area (Å²) in [7, 11) is 0. The summed E-state index contributed by atoms with van der Waals surface area (Å²) in [5.41, 5.74) is 9.56. The highest BCUT2D eigenvalue weighted by Gasteiger charge is 2.25. The number of benzene rings is 3. The highest BCUT2D eigenvalue weighted by atomic mass is 32.2. The van der Waals surface area contributed by atoms with Gasteiger partial charge in [0.1, 0.15) is 6.54 Å². The molecule has 0 saturated carbocycles. The summed E-state index contributed by atoms with van der Waals surface area (Å²) < 4.78 is 0. The van der Waals surface area contributed by atoms with E-state index < -0.39 is 11.8 Å². The normalized spacial score (nSPS) is 11.3. The lowest BCUT2D eigenvalue weighted by molar-refractivity contribution is -0.121. The van der Waals surface area contributed by atoms with Gasteiger partial charge in [0.2, 0.25) is 11.8 Å². The number of thioether (sulfide) groups is 1. The van der Waals surface area contributed by atoms with Crippen LogP contribution in [0.4, 0.5) is 0 Å². The minimum atomic E-state index is -0.547. The fraction of sp³-hybridized carbons (Fsp3) is 0.160. The van der Waals surface area contributed by atoms with E-state index in [0.717, 1.165) is 28.0 Å². The Morgan fingerprint density at radius 2 is 1.68 bits per heavy atom. The Labute approximate surface area is 186 Å². The van der Waals surface area contributed by atoms with Crippen LogP contribution >= 0.6 is 11.8 Å². The molecule has 156 valence electrons. The first-order chi connectivity index (χ1) is 15.1. The first-order valence-corrected chi connectivity index (χ1v) is 11.0. The second kappa shape index (κ2) is 11.0. The van der Waals surface area contributed by atoms with Gasteiger partial charge in [-0.3, -0.25) is 9.59 Å². The number of nitrogens with two attached hydrogens (primary N) is 1. The number of primary amides is 1. The van der Waals surface area contributed by atoms with E-state index >= 15 is 0 Å². The molecule has 2 amide bonds. The maximum atomic E-state index is 13.0. The fourth-order valence-corrected chi connectivity index (χ4v) is 4.42. The Hall–Kier alpha value is -3.56. The number of rotatable bonds is 9. The minimum Gasteiger partial charge on any atom is -0.366 e. The first kappa shape index (κ1) is 22.1. The van der Waals surface area contributed by atoms with Crippen LogP contribution in [0.5, 0.6) is 0 Å². The topological polar surface area (TPSA) is 96.0 Å². The smallest absolute Gasteiger partial charge is 0.248 e. The summed E-state index contributed by atoms with van der Waals surface area (Å²) in [5.74, 6) is -0.0979. The van der Waals surface area contributed by atoms with Gasteiger partial charge in [-0.05, 0) is 34.4 Å². The predicted octanol–water partition coefficient (Wildman–Crippen LogP) is 4.11. The molecule has 0 aliphatic rings. The van der Waals surface area contributed by atoms with E-state index in [9.17, 15) is 9.59 Å². The molecule has 0 bridgehead atoms. The summed E-state index contributed by atoms with van der Waals surface area (Å²) in [4.78, 5) is 24.9. The third kappa shape index (κ3) is 5.97. The Balaban J connectivity index is 1.97. The van der Waals surface area contributed by atoms with Gasteiger partial charge >= 0.3 is 0 Å². The van der Waals surface area contributed by atoms with Crippen LogP contribution in [0.2, 0.25) is 0 Å². The molecule has 3 rings (SSSR count). The van der Waals surface area contributed by atoms with Crippen molar-refractivity contribution < 1.29 is 9.59 Å². The molecular weight excluding hydrogens is 406 g/mol. The van der Waals surface area contributed by atoms with Crippen molar-refractivity contribution in [1.29, 1.82) is 5.26 Å². The second-order valence-electron chi connectivity index (χ2n) is 6.96. The van der Waals surface area contributed by atoms with E-state index in [1.807, 2.05) is 72.8 Å². The van der Waals surface area contributed by atoms with Crippen LogP contribution in [0, 0.1) is 11.3 Å². The lowest BCUT2D eigenvalue weighted by Crippen LogP contribution is -2.31. The molecule has 5 nitrogen and oxygen atoms in total. The van der Waals surface area contributed by atoms with E-state index in [-0.39, 0.29) is 12.5 Å². The number of nitrogens with one attached hydrogen (secondary N) is 1. The third-order valence-corrected chi connectivity index (χ3v) is 5.96. The summed E-state index contributed by atoms with van der Waals surface area (Å²) in [6, 6.07) is 26.9. The SMILES string of the molecule is N#CCNC(=O)C(CSCc1ccccc1)c1cc(C(N)=O)ccc1-c1ccccc1. The van der Waals surface area contributed by atoms with E-state index in [4.69, 9.17) is 11.0 Å². The molecule has 3 aromatic rings. The number of hydrogen-bond donors (Lipinski definition) is 2. The Bertz CT molecular complexity index is 1080. The monoisotopic (exact) mass is 429 g/mol. The maximum Gasteiger partial charge on any atom is 0.248 e. The van der Waals surface area contributed by atoms with Crippen molar-refractivity contribution in [3.8, 4) is 17.2 Å². The molecule has 0 aromatic heterocycles. The van der Waals surface area contributed by atoms with Crippen molar-refractivity contribution >= 4 is 23.6 Å². The van der Waals surface area contributed by atoms with Crippen LogP contribution in [0.15, 0.2) is 78.9 Å². The van der Waals surface area contributed by atoms with Crippen molar-refractivity contribution in [2.45, 2.75) is 11.7 Å². The van der Waals surface area contributed by atoms with E-state index in [0.29, 0.717) is 11.3 Å². The van der Waals surface area contributed by atoms with Gasteiger partial charge < -0.3 is 11.1 Å². The van der Waals surface area contributed by atoms with Gasteiger partial charge in [-0.25, -0.2) is 0 Å². The van der Waals surface area contributed by atoms with Gasteiger partial charge in [-0.1, -0.05) is 66.7 Å². The van der Waals surface area contributed by atoms with Crippen molar-refractivity contribution in [2.24, 2.45) is 5.73 Å². The minimum absolute atomic E-state index is 0.0745. The lowest BCUT2D eigenvalue weighted by Gasteiger charge is -2.21. The fourth-order valence-electron chi connectivity index (χ4n) is 3.31. The van der Waals surface area contributed by atoms with Crippen LogP contribution in [-0.4, -0.2) is 24.1 Å². The number of carbonyl (C=O) groups excluding carboxylic acids is 2. The Kier molecular flexibility index (Phi) is 7.85. The highest BCUT2D eigenvalue weighted by Crippen LogP contribution is 2.33. The number of hydrogen-bond acceptors (Lipinski definition) is 4. The molecule has 3 aromatic carbocycles. The second-order valence-corrected chi connectivity index (χ2v) is 7.99. The molecule has 31 heavy (non-hydrogen) atoms. The molecule has 1 unspecified atom stereocenters. The van der Waals surface area contributed by atoms with Gasteiger partial charge in [0.25, 0.3) is 0 Å². The molecule has 0 fully saturated rings. The number of nitriles is 1. The van der Waals surface area contributed by atoms with Crippen molar-refractivity contribution in [1.82, 2.24) is 5.32 Å². The molecule has 0 aliphatic heterocycles. The summed E-state index contributed by atoms with van der Waals surface area (Å²) in [5, 5.41) is 11.6. The molecule has 0 saturated heterocycles. The van der Waals surface area contributed by atoms with Gasteiger partial charge in [0.15, 0.2) is 0 Å². The van der Waals surface area contributed by atoms with Gasteiger partial charge in [-0.15, -0.1) is 0 Å². The lowest BCUT2D eigenvalue weighted by atomic mass is 9.89. The average molecular weight is 430 g/mol. The maximum absolute atomic E-state index is 13.0. The molecule has 0 heterocycles. The van der Waals surface area contributed by atoms with Gasteiger partial charge in [0.05, 0.1) is 12.0 Å². The quantitative estimate of drug-likeness (QED) is 0.500. The van der Waals surface area contributed by atoms with E-state index in [1.54, 1.807) is 23.9 Å². The third-order valence-electron chi connectivity index (χ3n) is 4.85. The molecule has 0 spiro atoms. The van der Waals surface area contributed by atoms with E-state index in [2.05, 4.69) is 5.32 Å². The zero-order chi connectivity index (χ0) is 22.1. The van der Waals surface area contributed by atoms with Gasteiger partial charge in [0, 0.05) is 17.1 Å². The van der Waals surface area contributed by atoms with Crippen LogP contribution in [0.3, 0.4) is 0 Å². The van der Waals surface area contributed by atoms with Crippen LogP contribution in [-0.2, 0) is 10.5 Å². The van der Waals surface area contributed by atoms with Gasteiger partial charge in [-0.2, -0.15) is 17.0 Å². The molecule has 1 atom stereocenters. The summed E-state index contributed by atoms with van der Waals surface area (Å²) in [6.45, 7) is -0.0745. The van der Waals surface area contributed by atoms with Crippen LogP contribution in [0.1, 0.15) is 27.4 Å². The van der Waals surface area contributed by atoms with E-state index in [1.165, 1.54) is 0 Å². The zero-order valence-corrected chi connectivity index (χ0v) is 17.8. The Morgan fingerprint density at radius 1 is 1.00 bits per heavy atom. The number of carbonyl (C=O) groups is 2. The standard InChI is InChI=1S/C25H23N3O2S/c26-13-14-28-25(30)23(17-31-16-18-7-3-1-4-8-18)22-15-20(24(27)29)11-12-21(22)19-9-5-2-6-10-19/h1-12,15,23H,14,16-17H2,(H2,27,29)(H,28,30). The predicted molar refractivity (Wildman–Crippen MR) is 124 cm³/mol. The Morgan fingerprint density at radius 3 is 2.32 bits per heavy atom. The van der Waals surface area contributed by atoms with Crippen LogP contribution in [0.25, 0.3) is 11.1 Å². The highest BCUT2D eigenvalue weighted by molar-refractivity contribution is 7.98. The molecular formula is C25H23N3O2S. The van der Waals surface area contributed by atoms with Crippen molar-refractivity contribution in [2.75, 3.05) is 12.3 Å². The van der Waals surface area contributed by atoms with Crippen LogP contribution < -0.4 is 11.1 Å². The average Bonchev–Trinajstić information content (AvgIpc) is 2.81. The molecule has 0 radical (unpaired) electrons. The summed E-state index contributed by atoms with van der Waals surface area (Å²) >= 11 is 1.63.